The van der Waals surface area contributed by atoms with Crippen LogP contribution >= 0.6 is 0 Å². The summed E-state index contributed by atoms with van der Waals surface area (Å²) < 4.78 is 5.33. The van der Waals surface area contributed by atoms with Crippen molar-refractivity contribution in [1.82, 2.24) is 5.32 Å². The van der Waals surface area contributed by atoms with Gasteiger partial charge in [0.15, 0.2) is 0 Å². The number of urea groups is 1. The molecule has 1 atom stereocenters. The van der Waals surface area contributed by atoms with Crippen LogP contribution in [-0.4, -0.2) is 42.0 Å². The monoisotopic (exact) mass is 454 g/mol. The maximum atomic E-state index is 13.1. The van der Waals surface area contributed by atoms with Crippen molar-refractivity contribution in [3.05, 3.63) is 60.2 Å². The van der Waals surface area contributed by atoms with Crippen LogP contribution < -0.4 is 21.3 Å². The van der Waals surface area contributed by atoms with Crippen LogP contribution in [0.3, 0.4) is 0 Å². The number of nitrogens with one attached hydrogen (secondary N) is 2. The van der Waals surface area contributed by atoms with Crippen LogP contribution in [0.25, 0.3) is 0 Å². The number of amides is 4. The lowest BCUT2D eigenvalue weighted by Gasteiger charge is -2.26. The van der Waals surface area contributed by atoms with Crippen molar-refractivity contribution in [2.24, 2.45) is 5.73 Å². The van der Waals surface area contributed by atoms with E-state index in [1.165, 1.54) is 4.90 Å². The van der Waals surface area contributed by atoms with Crippen LogP contribution in [0.2, 0.25) is 0 Å². The first-order chi connectivity index (χ1) is 15.4. The number of rotatable bonds is 8. The smallest absolute Gasteiger partial charge is 0.326 e. The van der Waals surface area contributed by atoms with Crippen LogP contribution in [0.15, 0.2) is 54.6 Å². The second-order valence-corrected chi connectivity index (χ2v) is 8.53. The van der Waals surface area contributed by atoms with Gasteiger partial charge in [-0.2, -0.15) is 0 Å². The number of esters is 1. The standard InChI is InChI=1S/C24H30N4O5/c1-16-9-8-10-17(13-16)26-23(32)27-19(22(25)31)14-20(29)28(18-11-6-5-7-12-18)15-21(30)33-24(2,3)4/h5-13,19H,14-15H2,1-4H3,(H2,25,31)(H2,26,27,32). The van der Waals surface area contributed by atoms with Gasteiger partial charge in [-0.1, -0.05) is 30.3 Å². The third kappa shape index (κ3) is 8.64. The first kappa shape index (κ1) is 25.4. The zero-order valence-electron chi connectivity index (χ0n) is 19.3. The maximum absolute atomic E-state index is 13.1. The number of benzene rings is 2. The highest BCUT2D eigenvalue weighted by atomic mass is 16.6. The lowest BCUT2D eigenvalue weighted by Crippen LogP contribution is -2.50. The molecule has 2 aromatic rings. The van der Waals surface area contributed by atoms with Crippen molar-refractivity contribution < 1.29 is 23.9 Å². The minimum Gasteiger partial charge on any atom is -0.459 e. The van der Waals surface area contributed by atoms with Crippen molar-refractivity contribution >= 4 is 35.2 Å². The van der Waals surface area contributed by atoms with Gasteiger partial charge < -0.3 is 26.0 Å². The van der Waals surface area contributed by atoms with Gasteiger partial charge in [0.2, 0.25) is 11.8 Å². The molecule has 4 N–H and O–H groups in total. The molecule has 2 aromatic carbocycles. The molecule has 0 fully saturated rings. The SMILES string of the molecule is Cc1cccc(NC(=O)NC(CC(=O)N(CC(=O)OC(C)(C)C)c2ccccc2)C(N)=O)c1. The zero-order chi connectivity index (χ0) is 24.6. The van der Waals surface area contributed by atoms with Crippen molar-refractivity contribution in [2.75, 3.05) is 16.8 Å². The molecule has 0 aliphatic heterocycles. The molecule has 0 aliphatic rings. The molecule has 2 rings (SSSR count). The van der Waals surface area contributed by atoms with Crippen LogP contribution in [-0.2, 0) is 19.1 Å². The van der Waals surface area contributed by atoms with Gasteiger partial charge in [0.1, 0.15) is 18.2 Å². The summed E-state index contributed by atoms with van der Waals surface area (Å²) in [6, 6.07) is 13.6. The van der Waals surface area contributed by atoms with Gasteiger partial charge in [-0.25, -0.2) is 4.79 Å². The molecule has 0 radical (unpaired) electrons. The fourth-order valence-electron chi connectivity index (χ4n) is 2.99. The molecule has 9 heteroatoms. The van der Waals surface area contributed by atoms with Gasteiger partial charge in [-0.05, 0) is 57.5 Å². The number of primary amides is 1. The van der Waals surface area contributed by atoms with Gasteiger partial charge in [-0.15, -0.1) is 0 Å². The van der Waals surface area contributed by atoms with Crippen LogP contribution in [0, 0.1) is 6.92 Å². The van der Waals surface area contributed by atoms with Crippen molar-refractivity contribution in [3.63, 3.8) is 0 Å². The normalized spacial score (nSPS) is 11.8. The Morgan fingerprint density at radius 1 is 1.03 bits per heavy atom. The predicted molar refractivity (Wildman–Crippen MR) is 126 cm³/mol. The minimum absolute atomic E-state index is 0.360. The van der Waals surface area contributed by atoms with Crippen LogP contribution in [0.5, 0.6) is 0 Å². The van der Waals surface area contributed by atoms with E-state index in [0.717, 1.165) is 5.56 Å². The van der Waals surface area contributed by atoms with E-state index in [2.05, 4.69) is 10.6 Å². The first-order valence-electron chi connectivity index (χ1n) is 10.5. The van der Waals surface area contributed by atoms with E-state index < -0.39 is 41.9 Å². The van der Waals surface area contributed by atoms with E-state index in [1.807, 2.05) is 13.0 Å². The van der Waals surface area contributed by atoms with Crippen LogP contribution in [0.1, 0.15) is 32.8 Å². The summed E-state index contributed by atoms with van der Waals surface area (Å²) in [6.07, 6.45) is -0.436. The Balaban J connectivity index is 2.13. The molecular weight excluding hydrogens is 424 g/mol. The van der Waals surface area contributed by atoms with E-state index in [9.17, 15) is 19.2 Å². The Bertz CT molecular complexity index is 1000. The van der Waals surface area contributed by atoms with Gasteiger partial charge in [-0.3, -0.25) is 14.4 Å². The van der Waals surface area contributed by atoms with E-state index >= 15 is 0 Å². The largest absolute Gasteiger partial charge is 0.459 e. The summed E-state index contributed by atoms with van der Waals surface area (Å²) in [5.74, 6) is -2.07. The number of anilines is 2. The summed E-state index contributed by atoms with van der Waals surface area (Å²) in [5.41, 5.74) is 6.61. The predicted octanol–water partition coefficient (Wildman–Crippen LogP) is 2.74. The van der Waals surface area contributed by atoms with Gasteiger partial charge in [0.25, 0.3) is 0 Å². The lowest BCUT2D eigenvalue weighted by atomic mass is 10.1. The van der Waals surface area contributed by atoms with Crippen molar-refractivity contribution in [2.45, 2.75) is 45.8 Å². The molecular formula is C24H30N4O5. The summed E-state index contributed by atoms with van der Waals surface area (Å²) in [6.45, 7) is 6.68. The van der Waals surface area contributed by atoms with Gasteiger partial charge in [0, 0.05) is 11.4 Å². The fraction of sp³-hybridized carbons (Fsp3) is 0.333. The highest BCUT2D eigenvalue weighted by Gasteiger charge is 2.28. The molecule has 176 valence electrons. The molecule has 0 heterocycles. The summed E-state index contributed by atoms with van der Waals surface area (Å²) in [7, 11) is 0. The van der Waals surface area contributed by atoms with Gasteiger partial charge >= 0.3 is 12.0 Å². The molecule has 0 saturated heterocycles. The molecule has 0 bridgehead atoms. The number of carbonyl (C=O) groups is 4. The quantitative estimate of drug-likeness (QED) is 0.528. The number of nitrogens with two attached hydrogens (primary N) is 1. The van der Waals surface area contributed by atoms with E-state index in [0.29, 0.717) is 11.4 Å². The highest BCUT2D eigenvalue weighted by molar-refractivity contribution is 6.01. The Hall–Kier alpha value is -3.88. The average Bonchev–Trinajstić information content (AvgIpc) is 2.70. The van der Waals surface area contributed by atoms with Crippen molar-refractivity contribution in [1.29, 1.82) is 0 Å². The van der Waals surface area contributed by atoms with E-state index in [1.54, 1.807) is 69.3 Å². The van der Waals surface area contributed by atoms with E-state index in [-0.39, 0.29) is 6.54 Å². The lowest BCUT2D eigenvalue weighted by molar-refractivity contribution is -0.153. The molecule has 0 spiro atoms. The third-order valence-electron chi connectivity index (χ3n) is 4.38. The maximum Gasteiger partial charge on any atom is 0.326 e. The second-order valence-electron chi connectivity index (χ2n) is 8.53. The molecule has 9 nitrogen and oxygen atoms in total. The first-order valence-corrected chi connectivity index (χ1v) is 10.5. The summed E-state index contributed by atoms with van der Waals surface area (Å²) in [5, 5.41) is 5.03. The molecule has 4 amide bonds. The number of hydrogen-bond acceptors (Lipinski definition) is 5. The average molecular weight is 455 g/mol. The van der Waals surface area contributed by atoms with Gasteiger partial charge in [0.05, 0.1) is 6.42 Å². The molecule has 0 saturated carbocycles. The van der Waals surface area contributed by atoms with Crippen molar-refractivity contribution in [3.8, 4) is 0 Å². The summed E-state index contributed by atoms with van der Waals surface area (Å²) in [4.78, 5) is 51.0. The Morgan fingerprint density at radius 3 is 2.27 bits per heavy atom. The molecule has 0 aromatic heterocycles. The number of para-hydroxylation sites is 1. The van der Waals surface area contributed by atoms with E-state index in [4.69, 9.17) is 10.5 Å². The zero-order valence-corrected chi connectivity index (χ0v) is 19.3. The Labute approximate surface area is 193 Å². The minimum atomic E-state index is -1.29. The fourth-order valence-corrected chi connectivity index (χ4v) is 2.99. The second kappa shape index (κ2) is 11.1. The summed E-state index contributed by atoms with van der Waals surface area (Å²) >= 11 is 0. The topological polar surface area (TPSA) is 131 Å². The molecule has 33 heavy (non-hydrogen) atoms. The highest BCUT2D eigenvalue weighted by Crippen LogP contribution is 2.17. The number of nitrogens with zero attached hydrogens (tertiary/aromatic N) is 1. The molecule has 0 aliphatic carbocycles. The number of hydrogen-bond donors (Lipinski definition) is 3. The number of ether oxygens (including phenoxy) is 1. The number of aryl methyl sites for hydroxylation is 1. The third-order valence-corrected chi connectivity index (χ3v) is 4.38. The Morgan fingerprint density at radius 2 is 1.70 bits per heavy atom. The number of carbonyl (C=O) groups excluding carboxylic acids is 4. The molecule has 1 unspecified atom stereocenters. The van der Waals surface area contributed by atoms with Crippen LogP contribution in [0.4, 0.5) is 16.2 Å². The Kier molecular flexibility index (Phi) is 8.56.